The van der Waals surface area contributed by atoms with E-state index in [4.69, 9.17) is 10.8 Å². The van der Waals surface area contributed by atoms with Gasteiger partial charge in [0.1, 0.15) is 0 Å². The molecule has 2 aliphatic carbocycles. The second-order valence-corrected chi connectivity index (χ2v) is 7.20. The van der Waals surface area contributed by atoms with Crippen LogP contribution in [0.4, 0.5) is 0 Å². The first-order chi connectivity index (χ1) is 10.3. The van der Waals surface area contributed by atoms with E-state index in [2.05, 4.69) is 16.9 Å². The van der Waals surface area contributed by atoms with Crippen molar-refractivity contribution in [1.29, 1.82) is 0 Å². The Kier molecular flexibility index (Phi) is 5.34. The molecule has 2 saturated carbocycles. The van der Waals surface area contributed by atoms with Gasteiger partial charge in [0.25, 0.3) is 0 Å². The van der Waals surface area contributed by atoms with Crippen molar-refractivity contribution >= 4 is 0 Å². The summed E-state index contributed by atoms with van der Waals surface area (Å²) in [6, 6.07) is 3.14. The molecule has 3 rings (SSSR count). The van der Waals surface area contributed by atoms with E-state index in [1.54, 1.807) is 0 Å². The van der Waals surface area contributed by atoms with Crippen LogP contribution in [0.15, 0.2) is 12.3 Å². The lowest BCUT2D eigenvalue weighted by atomic mass is 9.90. The molecule has 3 heteroatoms. The molecule has 0 aromatic carbocycles. The van der Waals surface area contributed by atoms with Crippen LogP contribution in [0.3, 0.4) is 0 Å². The molecule has 0 amide bonds. The molecule has 21 heavy (non-hydrogen) atoms. The lowest BCUT2D eigenvalue weighted by molar-refractivity contribution is 0.325. The minimum absolute atomic E-state index is 0.304. The maximum absolute atomic E-state index is 6.49. The summed E-state index contributed by atoms with van der Waals surface area (Å²) < 4.78 is 2.22. The van der Waals surface area contributed by atoms with Crippen molar-refractivity contribution in [1.82, 2.24) is 9.78 Å². The molecule has 1 atom stereocenters. The van der Waals surface area contributed by atoms with Crippen molar-refractivity contribution in [3.63, 3.8) is 0 Å². The first-order valence-electron chi connectivity index (χ1n) is 9.12. The Labute approximate surface area is 129 Å². The number of nitrogens with two attached hydrogens (primary N) is 1. The maximum atomic E-state index is 6.49. The molecular formula is C18H31N3. The highest BCUT2D eigenvalue weighted by molar-refractivity contribution is 5.03. The van der Waals surface area contributed by atoms with Gasteiger partial charge in [-0.25, -0.2) is 0 Å². The van der Waals surface area contributed by atoms with Gasteiger partial charge in [-0.2, -0.15) is 5.10 Å². The average Bonchev–Trinajstić information content (AvgIpc) is 2.81. The minimum Gasteiger partial charge on any atom is -0.327 e. The van der Waals surface area contributed by atoms with Gasteiger partial charge in [-0.1, -0.05) is 44.9 Å². The van der Waals surface area contributed by atoms with E-state index < -0.39 is 0 Å². The van der Waals surface area contributed by atoms with Gasteiger partial charge >= 0.3 is 0 Å². The van der Waals surface area contributed by atoms with E-state index >= 15 is 0 Å². The van der Waals surface area contributed by atoms with Crippen LogP contribution in [0.5, 0.6) is 0 Å². The molecule has 0 bridgehead atoms. The minimum atomic E-state index is 0.304. The van der Waals surface area contributed by atoms with Crippen LogP contribution in [-0.4, -0.2) is 15.8 Å². The first-order valence-corrected chi connectivity index (χ1v) is 9.12. The van der Waals surface area contributed by atoms with Crippen LogP contribution in [0.1, 0.15) is 82.4 Å². The monoisotopic (exact) mass is 289 g/mol. The summed E-state index contributed by atoms with van der Waals surface area (Å²) in [4.78, 5) is 0. The van der Waals surface area contributed by atoms with E-state index in [9.17, 15) is 0 Å². The Bertz CT molecular complexity index is 412. The van der Waals surface area contributed by atoms with Crippen molar-refractivity contribution in [3.8, 4) is 0 Å². The van der Waals surface area contributed by atoms with Gasteiger partial charge in [0.2, 0.25) is 0 Å². The highest BCUT2D eigenvalue weighted by atomic mass is 15.3. The van der Waals surface area contributed by atoms with Crippen molar-refractivity contribution in [2.75, 3.05) is 0 Å². The summed E-state index contributed by atoms with van der Waals surface area (Å²) in [5.74, 6) is 0.715. The third kappa shape index (κ3) is 4.09. The van der Waals surface area contributed by atoms with Gasteiger partial charge in [0, 0.05) is 18.7 Å². The molecule has 2 fully saturated rings. The summed E-state index contributed by atoms with van der Waals surface area (Å²) in [7, 11) is 0. The second-order valence-electron chi connectivity index (χ2n) is 7.20. The Morgan fingerprint density at radius 3 is 2.33 bits per heavy atom. The smallest absolute Gasteiger partial charge is 0.0640 e. The predicted molar refractivity (Wildman–Crippen MR) is 87.2 cm³/mol. The summed E-state index contributed by atoms with van der Waals surface area (Å²) in [6.07, 6.45) is 18.1. The number of hydrogen-bond acceptors (Lipinski definition) is 2. The quantitative estimate of drug-likeness (QED) is 0.843. The Morgan fingerprint density at radius 2 is 1.62 bits per heavy atom. The molecule has 2 N–H and O–H groups in total. The molecule has 2 aliphatic rings. The van der Waals surface area contributed by atoms with Crippen molar-refractivity contribution in [3.05, 3.63) is 18.0 Å². The predicted octanol–water partition coefficient (Wildman–Crippen LogP) is 4.23. The van der Waals surface area contributed by atoms with E-state index in [1.807, 2.05) is 0 Å². The van der Waals surface area contributed by atoms with Gasteiger partial charge in [-0.05, 0) is 37.7 Å². The van der Waals surface area contributed by atoms with Gasteiger partial charge in [-0.15, -0.1) is 0 Å². The van der Waals surface area contributed by atoms with Gasteiger partial charge in [-0.3, -0.25) is 4.68 Å². The third-order valence-corrected chi connectivity index (χ3v) is 5.56. The van der Waals surface area contributed by atoms with E-state index in [0.717, 1.165) is 6.42 Å². The molecule has 0 radical (unpaired) electrons. The molecule has 1 aromatic rings. The number of aromatic nitrogens is 2. The second kappa shape index (κ2) is 7.44. The van der Waals surface area contributed by atoms with E-state index in [1.165, 1.54) is 76.3 Å². The fraction of sp³-hybridized carbons (Fsp3) is 0.833. The zero-order valence-corrected chi connectivity index (χ0v) is 13.3. The zero-order valence-electron chi connectivity index (χ0n) is 13.3. The van der Waals surface area contributed by atoms with Crippen molar-refractivity contribution < 1.29 is 0 Å². The standard InChI is InChI=1S/C18H31N3/c19-18(15-8-4-1-2-5-9-15)14-16-12-13-21(20-16)17-10-6-3-7-11-17/h12-13,15,17-18H,1-11,14,19H2. The fourth-order valence-corrected chi connectivity index (χ4v) is 4.18. The van der Waals surface area contributed by atoms with Crippen LogP contribution in [-0.2, 0) is 6.42 Å². The lowest BCUT2D eigenvalue weighted by Crippen LogP contribution is -2.32. The van der Waals surface area contributed by atoms with Crippen LogP contribution in [0, 0.1) is 5.92 Å². The molecule has 0 aliphatic heterocycles. The van der Waals surface area contributed by atoms with Gasteiger partial charge < -0.3 is 5.73 Å². The first kappa shape index (κ1) is 15.1. The number of rotatable bonds is 4. The fourth-order valence-electron chi connectivity index (χ4n) is 4.18. The highest BCUT2D eigenvalue weighted by Crippen LogP contribution is 2.28. The van der Waals surface area contributed by atoms with Gasteiger partial charge in [0.05, 0.1) is 11.7 Å². The van der Waals surface area contributed by atoms with Crippen LogP contribution < -0.4 is 5.73 Å². The number of nitrogens with zero attached hydrogens (tertiary/aromatic N) is 2. The molecule has 3 nitrogen and oxygen atoms in total. The van der Waals surface area contributed by atoms with Gasteiger partial charge in [0.15, 0.2) is 0 Å². The zero-order chi connectivity index (χ0) is 14.5. The largest absolute Gasteiger partial charge is 0.327 e. The van der Waals surface area contributed by atoms with Crippen molar-refractivity contribution in [2.45, 2.75) is 89.1 Å². The molecule has 118 valence electrons. The Morgan fingerprint density at radius 1 is 1.00 bits per heavy atom. The van der Waals surface area contributed by atoms with Crippen molar-refractivity contribution in [2.24, 2.45) is 11.7 Å². The van der Waals surface area contributed by atoms with E-state index in [-0.39, 0.29) is 0 Å². The van der Waals surface area contributed by atoms with Crippen LogP contribution >= 0.6 is 0 Å². The summed E-state index contributed by atoms with van der Waals surface area (Å²) in [5.41, 5.74) is 7.69. The molecule has 1 unspecified atom stereocenters. The average molecular weight is 289 g/mol. The summed E-state index contributed by atoms with van der Waals surface area (Å²) >= 11 is 0. The SMILES string of the molecule is NC(Cc1ccn(C2CCCCC2)n1)C1CCCCCC1. The Balaban J connectivity index is 1.55. The molecule has 0 spiro atoms. The molecule has 1 heterocycles. The Hall–Kier alpha value is -0.830. The highest BCUT2D eigenvalue weighted by Gasteiger charge is 2.21. The molecule has 1 aromatic heterocycles. The topological polar surface area (TPSA) is 43.8 Å². The number of hydrogen-bond donors (Lipinski definition) is 1. The lowest BCUT2D eigenvalue weighted by Gasteiger charge is -2.23. The normalized spacial score (nSPS) is 23.9. The third-order valence-electron chi connectivity index (χ3n) is 5.56. The van der Waals surface area contributed by atoms with Crippen LogP contribution in [0.2, 0.25) is 0 Å². The van der Waals surface area contributed by atoms with E-state index in [0.29, 0.717) is 18.0 Å². The summed E-state index contributed by atoms with van der Waals surface area (Å²) in [6.45, 7) is 0. The summed E-state index contributed by atoms with van der Waals surface area (Å²) in [5, 5.41) is 4.83. The molecular weight excluding hydrogens is 258 g/mol. The van der Waals surface area contributed by atoms with Crippen LogP contribution in [0.25, 0.3) is 0 Å². The molecule has 0 saturated heterocycles. The maximum Gasteiger partial charge on any atom is 0.0640 e.